The van der Waals surface area contributed by atoms with Gasteiger partial charge >= 0.3 is 6.09 Å². The molecule has 1 aromatic heterocycles. The van der Waals surface area contributed by atoms with Crippen molar-refractivity contribution in [1.29, 1.82) is 0 Å². The van der Waals surface area contributed by atoms with Gasteiger partial charge in [0.15, 0.2) is 0 Å². The highest BCUT2D eigenvalue weighted by Gasteiger charge is 2.24. The lowest BCUT2D eigenvalue weighted by Gasteiger charge is -2.27. The second kappa shape index (κ2) is 11.8. The summed E-state index contributed by atoms with van der Waals surface area (Å²) >= 11 is 1.59. The minimum atomic E-state index is -0.622. The van der Waals surface area contributed by atoms with Crippen LogP contribution in [0.25, 0.3) is 11.1 Å². The van der Waals surface area contributed by atoms with Crippen molar-refractivity contribution in [3.63, 3.8) is 0 Å². The van der Waals surface area contributed by atoms with Gasteiger partial charge in [-0.1, -0.05) is 47.5 Å². The zero-order valence-corrected chi connectivity index (χ0v) is 24.2. The summed E-state index contributed by atoms with van der Waals surface area (Å²) < 4.78 is 5.67. The van der Waals surface area contributed by atoms with Gasteiger partial charge in [0.2, 0.25) is 0 Å². The van der Waals surface area contributed by atoms with Crippen LogP contribution in [-0.2, 0) is 11.2 Å². The number of nitrogens with one attached hydrogen (secondary N) is 1. The van der Waals surface area contributed by atoms with Crippen LogP contribution in [0, 0.1) is 20.8 Å². The summed E-state index contributed by atoms with van der Waals surface area (Å²) in [7, 11) is 0. The molecule has 0 aliphatic carbocycles. The molecule has 1 N–H and O–H groups in total. The number of hydrogen-bond acceptors (Lipinski definition) is 5. The molecule has 0 atom stereocenters. The number of nitrogens with zero attached hydrogens (tertiary/aromatic N) is 2. The van der Waals surface area contributed by atoms with E-state index in [1.54, 1.807) is 28.4 Å². The third kappa shape index (κ3) is 7.54. The van der Waals surface area contributed by atoms with E-state index in [2.05, 4.69) is 10.3 Å². The number of ether oxygens (including phenoxy) is 1. The predicted molar refractivity (Wildman–Crippen MR) is 160 cm³/mol. The van der Waals surface area contributed by atoms with Gasteiger partial charge in [-0.15, -0.1) is 11.3 Å². The minimum absolute atomic E-state index is 0.190. The molecular formula is C32H35N3O3S. The average molecular weight is 542 g/mol. The van der Waals surface area contributed by atoms with Gasteiger partial charge in [-0.25, -0.2) is 9.78 Å². The van der Waals surface area contributed by atoms with Gasteiger partial charge < -0.3 is 10.1 Å². The largest absolute Gasteiger partial charge is 0.443 e. The van der Waals surface area contributed by atoms with E-state index in [0.29, 0.717) is 29.9 Å². The Morgan fingerprint density at radius 2 is 1.59 bits per heavy atom. The summed E-state index contributed by atoms with van der Waals surface area (Å²) in [5.74, 6) is -0.190. The Morgan fingerprint density at radius 1 is 0.923 bits per heavy atom. The molecule has 0 spiro atoms. The maximum atomic E-state index is 13.4. The van der Waals surface area contributed by atoms with Gasteiger partial charge in [-0.05, 0) is 83.0 Å². The van der Waals surface area contributed by atoms with E-state index in [1.165, 1.54) is 5.56 Å². The van der Waals surface area contributed by atoms with E-state index in [4.69, 9.17) is 4.74 Å². The van der Waals surface area contributed by atoms with Crippen LogP contribution < -0.4 is 10.2 Å². The van der Waals surface area contributed by atoms with Crippen LogP contribution in [0.2, 0.25) is 0 Å². The van der Waals surface area contributed by atoms with Crippen LogP contribution in [-0.4, -0.2) is 29.1 Å². The van der Waals surface area contributed by atoms with Crippen LogP contribution in [0.4, 0.5) is 16.2 Å². The summed E-state index contributed by atoms with van der Waals surface area (Å²) in [4.78, 5) is 32.6. The van der Waals surface area contributed by atoms with Crippen LogP contribution in [0.15, 0.2) is 72.1 Å². The van der Waals surface area contributed by atoms with E-state index in [1.807, 2.05) is 102 Å². The van der Waals surface area contributed by atoms with Gasteiger partial charge in [-0.2, -0.15) is 0 Å². The molecule has 4 aromatic rings. The Balaban J connectivity index is 1.54. The highest BCUT2D eigenvalue weighted by atomic mass is 32.1. The van der Waals surface area contributed by atoms with Gasteiger partial charge in [0.25, 0.3) is 5.91 Å². The third-order valence-corrected chi connectivity index (χ3v) is 6.91. The second-order valence-electron chi connectivity index (χ2n) is 10.7. The van der Waals surface area contributed by atoms with Crippen molar-refractivity contribution >= 4 is 34.7 Å². The van der Waals surface area contributed by atoms with Crippen molar-refractivity contribution in [2.45, 2.75) is 53.6 Å². The van der Waals surface area contributed by atoms with Crippen molar-refractivity contribution in [2.75, 3.05) is 16.8 Å². The van der Waals surface area contributed by atoms with Crippen molar-refractivity contribution in [2.24, 2.45) is 0 Å². The first-order valence-electron chi connectivity index (χ1n) is 13.0. The Bertz CT molecular complexity index is 1450. The number of carbonyl (C=O) groups excluding carboxylic acids is 2. The normalized spacial score (nSPS) is 11.2. The minimum Gasteiger partial charge on any atom is -0.443 e. The van der Waals surface area contributed by atoms with Crippen LogP contribution in [0.1, 0.15) is 53.0 Å². The number of carbonyl (C=O) groups is 2. The second-order valence-corrected chi connectivity index (χ2v) is 11.7. The molecule has 0 radical (unpaired) electrons. The smallest absolute Gasteiger partial charge is 0.414 e. The van der Waals surface area contributed by atoms with Crippen LogP contribution in [0.5, 0.6) is 0 Å². The Morgan fingerprint density at radius 3 is 2.21 bits per heavy atom. The van der Waals surface area contributed by atoms with Gasteiger partial charge in [0.1, 0.15) is 5.60 Å². The lowest BCUT2D eigenvalue weighted by Crippen LogP contribution is -2.38. The molecule has 39 heavy (non-hydrogen) atoms. The van der Waals surface area contributed by atoms with Gasteiger partial charge in [0, 0.05) is 35.3 Å². The molecule has 0 fully saturated rings. The zero-order valence-electron chi connectivity index (χ0n) is 23.4. The van der Waals surface area contributed by atoms with E-state index in [0.717, 1.165) is 27.4 Å². The Labute approximate surface area is 234 Å². The predicted octanol–water partition coefficient (Wildman–Crippen LogP) is 7.97. The number of anilines is 2. The number of hydrogen-bond donors (Lipinski definition) is 1. The summed E-state index contributed by atoms with van der Waals surface area (Å²) in [5.41, 5.74) is 6.30. The third-order valence-electron chi connectivity index (χ3n) is 6.09. The maximum absolute atomic E-state index is 13.4. The lowest BCUT2D eigenvalue weighted by atomic mass is 9.96. The van der Waals surface area contributed by atoms with E-state index in [-0.39, 0.29) is 5.91 Å². The molecule has 0 saturated heterocycles. The number of benzene rings is 3. The molecule has 2 amide bonds. The number of aryl methyl sites for hydroxylation is 3. The fraction of sp³-hybridized carbons (Fsp3) is 0.281. The van der Waals surface area contributed by atoms with Crippen molar-refractivity contribution < 1.29 is 14.3 Å². The average Bonchev–Trinajstić information content (AvgIpc) is 3.29. The molecule has 0 aliphatic heterocycles. The zero-order chi connectivity index (χ0) is 28.2. The fourth-order valence-corrected chi connectivity index (χ4v) is 4.79. The Kier molecular flexibility index (Phi) is 8.51. The summed E-state index contributed by atoms with van der Waals surface area (Å²) in [5, 5.41) is 6.02. The molecule has 7 heteroatoms. The fourth-order valence-electron chi connectivity index (χ4n) is 4.15. The lowest BCUT2D eigenvalue weighted by molar-refractivity contribution is 0.0580. The number of rotatable bonds is 7. The first-order valence-corrected chi connectivity index (χ1v) is 13.9. The standard InChI is InChI=1S/C32H35N3O3S/c1-21-7-10-24(11-8-21)28-16-9-22(2)19-29(28)30(36)34-25-12-14-27(15-13-25)35(31(37)38-32(4,5)6)18-17-26-20-39-23(3)33-26/h7-16,19-20H,17-18H2,1-6H3,(H,34,36). The van der Waals surface area contributed by atoms with Crippen molar-refractivity contribution in [3.8, 4) is 11.1 Å². The number of thiazole rings is 1. The van der Waals surface area contributed by atoms with E-state index >= 15 is 0 Å². The first-order chi connectivity index (χ1) is 18.5. The van der Waals surface area contributed by atoms with Crippen molar-refractivity contribution in [1.82, 2.24) is 4.98 Å². The number of aromatic nitrogens is 1. The summed E-state index contributed by atoms with van der Waals surface area (Å²) in [6.45, 7) is 12.0. The van der Waals surface area contributed by atoms with Crippen LogP contribution in [0.3, 0.4) is 0 Å². The monoisotopic (exact) mass is 541 g/mol. The SMILES string of the molecule is Cc1ccc(-c2ccc(C)cc2C(=O)Nc2ccc(N(CCc3csc(C)n3)C(=O)OC(C)(C)C)cc2)cc1. The highest BCUT2D eigenvalue weighted by Crippen LogP contribution is 2.27. The Hall–Kier alpha value is -3.97. The topological polar surface area (TPSA) is 71.5 Å². The van der Waals surface area contributed by atoms with Gasteiger partial charge in [-0.3, -0.25) is 9.69 Å². The van der Waals surface area contributed by atoms with E-state index < -0.39 is 11.7 Å². The summed E-state index contributed by atoms with van der Waals surface area (Å²) in [6.07, 6.45) is 0.186. The number of amides is 2. The van der Waals surface area contributed by atoms with Crippen LogP contribution >= 0.6 is 11.3 Å². The molecule has 1 heterocycles. The molecule has 0 unspecified atom stereocenters. The quantitative estimate of drug-likeness (QED) is 0.258. The molecular weight excluding hydrogens is 506 g/mol. The molecule has 0 aliphatic rings. The van der Waals surface area contributed by atoms with E-state index in [9.17, 15) is 9.59 Å². The highest BCUT2D eigenvalue weighted by molar-refractivity contribution is 7.09. The molecule has 3 aromatic carbocycles. The molecule has 4 rings (SSSR count). The molecule has 0 bridgehead atoms. The molecule has 6 nitrogen and oxygen atoms in total. The first kappa shape index (κ1) is 28.0. The van der Waals surface area contributed by atoms with Gasteiger partial charge in [0.05, 0.1) is 10.7 Å². The molecule has 0 saturated carbocycles. The maximum Gasteiger partial charge on any atom is 0.414 e. The van der Waals surface area contributed by atoms with Crippen molar-refractivity contribution in [3.05, 3.63) is 99.5 Å². The summed E-state index contributed by atoms with van der Waals surface area (Å²) in [6, 6.07) is 21.3. The molecule has 202 valence electrons.